The van der Waals surface area contributed by atoms with Gasteiger partial charge in [-0.2, -0.15) is 0 Å². The Kier molecular flexibility index (Phi) is 6.48. The van der Waals surface area contributed by atoms with E-state index in [2.05, 4.69) is 5.32 Å². The second-order valence-corrected chi connectivity index (χ2v) is 8.16. The van der Waals surface area contributed by atoms with E-state index in [1.54, 1.807) is 6.08 Å². The van der Waals surface area contributed by atoms with E-state index in [0.29, 0.717) is 9.23 Å². The first-order valence-electron chi connectivity index (χ1n) is 8.82. The summed E-state index contributed by atoms with van der Waals surface area (Å²) in [7, 11) is 0. The maximum absolute atomic E-state index is 12.6. The minimum atomic E-state index is -0.657. The fourth-order valence-electron chi connectivity index (χ4n) is 2.66. The molecule has 8 nitrogen and oxygen atoms in total. The third-order valence-corrected chi connectivity index (χ3v) is 5.64. The molecule has 0 bridgehead atoms. The molecule has 1 N–H and O–H groups in total. The van der Waals surface area contributed by atoms with Crippen molar-refractivity contribution in [3.05, 3.63) is 68.6 Å². The summed E-state index contributed by atoms with van der Waals surface area (Å²) in [6.07, 6.45) is 1.62. The molecule has 0 aliphatic carbocycles. The first-order valence-corrected chi connectivity index (χ1v) is 10.0. The molecule has 0 atom stereocenters. The van der Waals surface area contributed by atoms with Crippen LogP contribution in [0.5, 0.6) is 5.75 Å². The number of anilines is 1. The number of aryl methyl sites for hydroxylation is 1. The number of thioether (sulfide) groups is 1. The second kappa shape index (κ2) is 9.06. The number of rotatable bonds is 6. The maximum Gasteiger partial charge on any atom is 0.271 e. The summed E-state index contributed by atoms with van der Waals surface area (Å²) >= 11 is 6.41. The van der Waals surface area contributed by atoms with Gasteiger partial charge in [0.1, 0.15) is 4.32 Å². The molecular weight excluding hydrogens is 426 g/mol. The Balaban J connectivity index is 1.63. The number of carbonyl (C=O) groups excluding carboxylic acids is 2. The van der Waals surface area contributed by atoms with Crippen molar-refractivity contribution in [1.29, 1.82) is 0 Å². The molecule has 30 heavy (non-hydrogen) atoms. The highest BCUT2D eigenvalue weighted by molar-refractivity contribution is 8.26. The number of hydrogen-bond donors (Lipinski definition) is 1. The molecule has 2 aromatic carbocycles. The molecule has 0 spiro atoms. The Labute approximate surface area is 181 Å². The van der Waals surface area contributed by atoms with Crippen LogP contribution in [0.1, 0.15) is 17.5 Å². The number of nitrogens with zero attached hydrogens (tertiary/aromatic N) is 2. The highest BCUT2D eigenvalue weighted by Gasteiger charge is 2.32. The maximum atomic E-state index is 12.6. The summed E-state index contributed by atoms with van der Waals surface area (Å²) in [5.41, 5.74) is 1.49. The van der Waals surface area contributed by atoms with Crippen molar-refractivity contribution >= 4 is 57.6 Å². The molecule has 10 heteroatoms. The lowest BCUT2D eigenvalue weighted by atomic mass is 10.1. The predicted octanol–water partition coefficient (Wildman–Crippen LogP) is 3.21. The van der Waals surface area contributed by atoms with E-state index in [-0.39, 0.29) is 30.2 Å². The van der Waals surface area contributed by atoms with E-state index in [1.807, 2.05) is 31.2 Å². The number of benzene rings is 2. The summed E-state index contributed by atoms with van der Waals surface area (Å²) < 4.78 is 0.339. The van der Waals surface area contributed by atoms with Crippen molar-refractivity contribution in [2.75, 3.05) is 11.9 Å². The highest BCUT2D eigenvalue weighted by Crippen LogP contribution is 2.33. The lowest BCUT2D eigenvalue weighted by molar-refractivity contribution is -0.385. The molecule has 1 saturated heterocycles. The number of carbonyl (C=O) groups is 2. The van der Waals surface area contributed by atoms with Gasteiger partial charge in [0.2, 0.25) is 5.91 Å². The predicted molar refractivity (Wildman–Crippen MR) is 117 cm³/mol. The van der Waals surface area contributed by atoms with Crippen LogP contribution in [0.3, 0.4) is 0 Å². The Morgan fingerprint density at radius 3 is 2.63 bits per heavy atom. The summed E-state index contributed by atoms with van der Waals surface area (Å²) in [6, 6.07) is 10.8. The number of hydrogen-bond acceptors (Lipinski definition) is 7. The normalized spacial score (nSPS) is 15.0. The van der Waals surface area contributed by atoms with Gasteiger partial charge in [-0.3, -0.25) is 24.6 Å². The molecule has 0 unspecified atom stereocenters. The van der Waals surface area contributed by atoms with Crippen molar-refractivity contribution in [2.45, 2.75) is 13.3 Å². The zero-order chi connectivity index (χ0) is 21.8. The van der Waals surface area contributed by atoms with Crippen LogP contribution in [0.4, 0.5) is 11.4 Å². The van der Waals surface area contributed by atoms with E-state index in [4.69, 9.17) is 12.2 Å². The first-order chi connectivity index (χ1) is 14.2. The molecule has 1 aliphatic heterocycles. The lowest BCUT2D eigenvalue weighted by Crippen LogP contribution is -2.31. The summed E-state index contributed by atoms with van der Waals surface area (Å²) in [5, 5.41) is 25.0. The topological polar surface area (TPSA) is 116 Å². The molecule has 2 aromatic rings. The number of non-ortho nitro benzene ring substituents is 1. The SMILES string of the molecule is Cc1ccc(/C=C2\SC(=S)N(CCC(=O)Nc3cc([N+](=O)[O-])ccc3[O-])C2=O)cc1. The van der Waals surface area contributed by atoms with Crippen LogP contribution in [0.15, 0.2) is 47.4 Å². The van der Waals surface area contributed by atoms with Crippen LogP contribution >= 0.6 is 24.0 Å². The third-order valence-electron chi connectivity index (χ3n) is 4.26. The van der Waals surface area contributed by atoms with Gasteiger partial charge >= 0.3 is 0 Å². The van der Waals surface area contributed by atoms with Crippen LogP contribution in [-0.4, -0.2) is 32.5 Å². The van der Waals surface area contributed by atoms with Crippen LogP contribution in [0.2, 0.25) is 0 Å². The monoisotopic (exact) mass is 442 g/mol. The van der Waals surface area contributed by atoms with E-state index in [9.17, 15) is 24.8 Å². The Morgan fingerprint density at radius 1 is 1.27 bits per heavy atom. The molecule has 0 saturated carbocycles. The average Bonchev–Trinajstić information content (AvgIpc) is 2.96. The largest absolute Gasteiger partial charge is 0.871 e. The van der Waals surface area contributed by atoms with Gasteiger partial charge in [-0.1, -0.05) is 65.6 Å². The van der Waals surface area contributed by atoms with Gasteiger partial charge in [0, 0.05) is 30.8 Å². The van der Waals surface area contributed by atoms with Crippen molar-refractivity contribution in [1.82, 2.24) is 4.90 Å². The van der Waals surface area contributed by atoms with Gasteiger partial charge in [0.25, 0.3) is 11.6 Å². The summed E-state index contributed by atoms with van der Waals surface area (Å²) in [6.45, 7) is 2.00. The fraction of sp³-hybridized carbons (Fsp3) is 0.150. The van der Waals surface area contributed by atoms with Crippen LogP contribution in [0, 0.1) is 17.0 Å². The number of nitro benzene ring substituents is 1. The molecule has 1 aliphatic rings. The van der Waals surface area contributed by atoms with Crippen molar-refractivity contribution in [3.63, 3.8) is 0 Å². The van der Waals surface area contributed by atoms with E-state index >= 15 is 0 Å². The Hall–Kier alpha value is -3.24. The zero-order valence-corrected chi connectivity index (χ0v) is 17.4. The third kappa shape index (κ3) is 5.02. The number of nitro groups is 1. The molecule has 0 aromatic heterocycles. The number of nitrogens with one attached hydrogen (secondary N) is 1. The van der Waals surface area contributed by atoms with Crippen LogP contribution in [0.25, 0.3) is 6.08 Å². The van der Waals surface area contributed by atoms with Crippen LogP contribution < -0.4 is 10.4 Å². The quantitative estimate of drug-likeness (QED) is 0.316. The van der Waals surface area contributed by atoms with Gasteiger partial charge < -0.3 is 10.4 Å². The highest BCUT2D eigenvalue weighted by atomic mass is 32.2. The second-order valence-electron chi connectivity index (χ2n) is 6.48. The molecule has 3 rings (SSSR count). The average molecular weight is 442 g/mol. The van der Waals surface area contributed by atoms with E-state index < -0.39 is 16.6 Å². The first kappa shape index (κ1) is 21.5. The fourth-order valence-corrected chi connectivity index (χ4v) is 3.97. The minimum absolute atomic E-state index is 0.0326. The molecule has 0 radical (unpaired) electrons. The number of thiocarbonyl (C=S) groups is 1. The van der Waals surface area contributed by atoms with Gasteiger partial charge in [-0.15, -0.1) is 0 Å². The van der Waals surface area contributed by atoms with Crippen molar-refractivity contribution in [3.8, 4) is 5.75 Å². The van der Waals surface area contributed by atoms with Gasteiger partial charge in [-0.25, -0.2) is 0 Å². The van der Waals surface area contributed by atoms with Gasteiger partial charge in [0.15, 0.2) is 0 Å². The van der Waals surface area contributed by atoms with Crippen molar-refractivity contribution < 1.29 is 19.6 Å². The zero-order valence-electron chi connectivity index (χ0n) is 15.8. The lowest BCUT2D eigenvalue weighted by Gasteiger charge is -2.16. The molecular formula is C20H16N3O5S2-. The van der Waals surface area contributed by atoms with E-state index in [0.717, 1.165) is 41.1 Å². The standard InChI is InChI=1S/C20H17N3O5S2/c1-12-2-4-13(5-3-12)10-17-19(26)22(20(29)30-17)9-8-18(25)21-15-11-14(23(27)28)6-7-16(15)24/h2-7,10-11,24H,8-9H2,1H3,(H,21,25)/p-1/b17-10-. The van der Waals surface area contributed by atoms with Crippen LogP contribution in [-0.2, 0) is 9.59 Å². The minimum Gasteiger partial charge on any atom is -0.871 e. The summed E-state index contributed by atoms with van der Waals surface area (Å²) in [5.74, 6) is -1.39. The van der Waals surface area contributed by atoms with Gasteiger partial charge in [-0.05, 0) is 18.6 Å². The Morgan fingerprint density at radius 2 is 1.97 bits per heavy atom. The van der Waals surface area contributed by atoms with E-state index in [1.165, 1.54) is 4.90 Å². The summed E-state index contributed by atoms with van der Waals surface area (Å²) in [4.78, 5) is 36.8. The number of amides is 2. The molecule has 1 fully saturated rings. The molecule has 1 heterocycles. The van der Waals surface area contributed by atoms with Crippen molar-refractivity contribution in [2.24, 2.45) is 0 Å². The van der Waals surface area contributed by atoms with Gasteiger partial charge in [0.05, 0.1) is 9.83 Å². The molecule has 154 valence electrons. The molecule has 2 amide bonds. The smallest absolute Gasteiger partial charge is 0.271 e. The Bertz CT molecular complexity index is 1070.